The predicted octanol–water partition coefficient (Wildman–Crippen LogP) is 3.07. The smallest absolute Gasteiger partial charge is 0.405 e. The maximum absolute atomic E-state index is 14.4. The van der Waals surface area contributed by atoms with Crippen molar-refractivity contribution < 1.29 is 51.3 Å². The first kappa shape index (κ1) is 38.1. The monoisotopic (exact) mass is 759 g/mol. The van der Waals surface area contributed by atoms with Crippen LogP contribution in [0.1, 0.15) is 58.8 Å². The van der Waals surface area contributed by atoms with Gasteiger partial charge in [-0.2, -0.15) is 0 Å². The van der Waals surface area contributed by atoms with Gasteiger partial charge in [-0.25, -0.2) is 22.6 Å². The highest BCUT2D eigenvalue weighted by atomic mass is 32.2. The van der Waals surface area contributed by atoms with E-state index in [4.69, 9.17) is 14.2 Å². The second-order valence-corrected chi connectivity index (χ2v) is 16.9. The highest BCUT2D eigenvalue weighted by molar-refractivity contribution is 7.91. The summed E-state index contributed by atoms with van der Waals surface area (Å²) in [6, 6.07) is 2.78. The third kappa shape index (κ3) is 7.44. The van der Waals surface area contributed by atoms with Gasteiger partial charge >= 0.3 is 6.09 Å². The van der Waals surface area contributed by atoms with Crippen LogP contribution >= 0.6 is 0 Å². The molecule has 4 N–H and O–H groups in total. The Kier molecular flexibility index (Phi) is 10.5. The standard InChI is InChI=1S/C36H46FN5O10S/c1-20-7-5-6-8-22-16-36(22,33(45)41-53(48,49)35(19-37)11-12-35)40-30(43)27-15-24(18-42(27)32(44)29(21(2)13-20)39-34(46)47)52-31-25-10-9-23(50-3)14-26(25)28(51-4)17-38-31/h6,8-10,14,17,20-22,24,27,29,39H,5,7,11-13,15-16,18-19H2,1-4H3,(H,40,43)(H,41,45)(H,46,47)/b8-6-/t20-,21-,22-,24-,27+,29+,36-/m1/s1. The number of benzene rings is 1. The van der Waals surface area contributed by atoms with E-state index in [2.05, 4.69) is 15.6 Å². The normalized spacial score (nSPS) is 30.4. The molecule has 0 bridgehead atoms. The van der Waals surface area contributed by atoms with Gasteiger partial charge in [-0.1, -0.05) is 26.0 Å². The van der Waals surface area contributed by atoms with Crippen LogP contribution in [0.25, 0.3) is 10.8 Å². The number of amides is 4. The number of aromatic nitrogens is 1. The maximum Gasteiger partial charge on any atom is 0.405 e. The fourth-order valence-corrected chi connectivity index (χ4v) is 9.02. The number of methoxy groups -OCH3 is 2. The van der Waals surface area contributed by atoms with E-state index in [1.54, 1.807) is 31.2 Å². The van der Waals surface area contributed by atoms with Gasteiger partial charge in [0.1, 0.15) is 46.6 Å². The van der Waals surface area contributed by atoms with E-state index in [-0.39, 0.29) is 44.0 Å². The van der Waals surface area contributed by atoms with E-state index >= 15 is 0 Å². The topological polar surface area (TPSA) is 203 Å². The number of allylic oxidation sites excluding steroid dienone is 1. The Labute approximate surface area is 307 Å². The first-order valence-electron chi connectivity index (χ1n) is 17.8. The second kappa shape index (κ2) is 14.6. The molecule has 4 amide bonds. The summed E-state index contributed by atoms with van der Waals surface area (Å²) in [7, 11) is -1.36. The molecule has 6 rings (SSSR count). The number of hydrogen-bond donors (Lipinski definition) is 4. The van der Waals surface area contributed by atoms with Crippen LogP contribution in [0, 0.1) is 17.8 Å². The van der Waals surface area contributed by atoms with Gasteiger partial charge < -0.3 is 34.9 Å². The number of carbonyl (C=O) groups excluding carboxylic acids is 3. The third-order valence-electron chi connectivity index (χ3n) is 11.1. The minimum absolute atomic E-state index is 0.0605. The quantitative estimate of drug-likeness (QED) is 0.274. The van der Waals surface area contributed by atoms with Crippen molar-refractivity contribution in [2.24, 2.45) is 17.8 Å². The van der Waals surface area contributed by atoms with E-state index < -0.39 is 80.8 Å². The molecule has 4 aliphatic rings. The molecule has 2 aliphatic heterocycles. The van der Waals surface area contributed by atoms with Crippen LogP contribution in [0.5, 0.6) is 17.4 Å². The molecule has 15 nitrogen and oxygen atoms in total. The zero-order valence-corrected chi connectivity index (χ0v) is 30.9. The molecule has 0 radical (unpaired) electrons. The van der Waals surface area contributed by atoms with Crippen LogP contribution in [0.2, 0.25) is 0 Å². The van der Waals surface area contributed by atoms with Crippen LogP contribution in [0.3, 0.4) is 0 Å². The Morgan fingerprint density at radius 2 is 1.89 bits per heavy atom. The van der Waals surface area contributed by atoms with Crippen LogP contribution < -0.4 is 29.6 Å². The lowest BCUT2D eigenvalue weighted by atomic mass is 9.88. The van der Waals surface area contributed by atoms with Gasteiger partial charge in [0, 0.05) is 23.1 Å². The van der Waals surface area contributed by atoms with Crippen molar-refractivity contribution in [2.45, 2.75) is 87.3 Å². The molecule has 1 aromatic heterocycles. The molecule has 0 spiro atoms. The molecule has 1 aromatic carbocycles. The molecule has 288 valence electrons. The highest BCUT2D eigenvalue weighted by Gasteiger charge is 2.64. The average molecular weight is 760 g/mol. The van der Waals surface area contributed by atoms with Crippen LogP contribution in [0.15, 0.2) is 36.5 Å². The Balaban J connectivity index is 1.35. The Bertz CT molecular complexity index is 1920. The Morgan fingerprint density at radius 3 is 2.55 bits per heavy atom. The van der Waals surface area contributed by atoms with Gasteiger partial charge in [0.05, 0.1) is 27.0 Å². The fraction of sp³-hybridized carbons (Fsp3) is 0.583. The number of hydrogen-bond acceptors (Lipinski definition) is 10. The number of halogens is 1. The molecule has 53 heavy (non-hydrogen) atoms. The molecule has 3 fully saturated rings. The summed E-state index contributed by atoms with van der Waals surface area (Å²) >= 11 is 0. The number of pyridine rings is 1. The van der Waals surface area contributed by atoms with Gasteiger partial charge in [0.15, 0.2) is 0 Å². The lowest BCUT2D eigenvalue weighted by Crippen LogP contribution is -2.59. The number of carboxylic acid groups (broad SMARTS) is 1. The highest BCUT2D eigenvalue weighted by Crippen LogP contribution is 2.48. The second-order valence-electron chi connectivity index (χ2n) is 14.8. The summed E-state index contributed by atoms with van der Waals surface area (Å²) in [5.74, 6) is -2.08. The first-order chi connectivity index (χ1) is 25.2. The number of nitrogens with zero attached hydrogens (tertiary/aromatic N) is 2. The van der Waals surface area contributed by atoms with Crippen molar-refractivity contribution in [1.29, 1.82) is 0 Å². The number of fused-ring (bicyclic) bond motifs is 3. The SMILES string of the molecule is COc1ccc2c(O[C@@H]3C[C@H]4C(=O)N[C@]5(C(=O)NS(=O)(=O)C6(CF)CC6)C[C@H]5/C=C\CC[C@@H](C)C[C@@H](C)[C@H](NC(=O)O)C(=O)N4C3)ncc(OC)c2c1. The lowest BCUT2D eigenvalue weighted by Gasteiger charge is -2.32. The minimum atomic E-state index is -4.39. The summed E-state index contributed by atoms with van der Waals surface area (Å²) in [5, 5.41) is 16.1. The molecule has 2 aliphatic carbocycles. The molecule has 7 atom stereocenters. The Morgan fingerprint density at radius 1 is 1.13 bits per heavy atom. The molecule has 3 heterocycles. The van der Waals surface area contributed by atoms with E-state index in [0.717, 1.165) is 0 Å². The van der Waals surface area contributed by atoms with Crippen molar-refractivity contribution in [2.75, 3.05) is 27.4 Å². The number of ether oxygens (including phenoxy) is 3. The third-order valence-corrected chi connectivity index (χ3v) is 13.2. The molecule has 2 aromatic rings. The zero-order valence-electron chi connectivity index (χ0n) is 30.1. The number of carbonyl (C=O) groups is 4. The number of sulfonamides is 1. The van der Waals surface area contributed by atoms with Crippen molar-refractivity contribution in [3.05, 3.63) is 36.5 Å². The van der Waals surface area contributed by atoms with Gasteiger partial charge in [0.2, 0.25) is 27.7 Å². The number of nitrogens with one attached hydrogen (secondary N) is 3. The maximum atomic E-state index is 14.4. The van der Waals surface area contributed by atoms with Gasteiger partial charge in [-0.15, -0.1) is 0 Å². The van der Waals surface area contributed by atoms with E-state index in [0.29, 0.717) is 41.5 Å². The fourth-order valence-electron chi connectivity index (χ4n) is 7.60. The molecular formula is C36H46FN5O10S. The van der Waals surface area contributed by atoms with Crippen LogP contribution in [0.4, 0.5) is 9.18 Å². The van der Waals surface area contributed by atoms with E-state index in [1.807, 2.05) is 17.7 Å². The molecule has 0 unspecified atom stereocenters. The van der Waals surface area contributed by atoms with Gasteiger partial charge in [-0.05, 0) is 68.6 Å². The summed E-state index contributed by atoms with van der Waals surface area (Å²) in [4.78, 5) is 60.2. The average Bonchev–Trinajstić information content (AvgIpc) is 4.03. The molecular weight excluding hydrogens is 713 g/mol. The first-order valence-corrected chi connectivity index (χ1v) is 19.2. The number of rotatable bonds is 9. The van der Waals surface area contributed by atoms with Gasteiger partial charge in [0.25, 0.3) is 5.91 Å². The lowest BCUT2D eigenvalue weighted by molar-refractivity contribution is -0.142. The predicted molar refractivity (Wildman–Crippen MR) is 190 cm³/mol. The largest absolute Gasteiger partial charge is 0.497 e. The number of alkyl halides is 1. The van der Waals surface area contributed by atoms with Crippen LogP contribution in [-0.2, 0) is 24.4 Å². The molecule has 17 heteroatoms. The Hall–Kier alpha value is -4.67. The summed E-state index contributed by atoms with van der Waals surface area (Å²) in [5.41, 5.74) is -1.68. The van der Waals surface area contributed by atoms with Gasteiger partial charge in [-0.3, -0.25) is 19.1 Å². The summed E-state index contributed by atoms with van der Waals surface area (Å²) in [6.45, 7) is 2.51. The minimum Gasteiger partial charge on any atom is -0.497 e. The molecule has 2 saturated carbocycles. The molecule has 1 saturated heterocycles. The van der Waals surface area contributed by atoms with E-state index in [9.17, 15) is 37.1 Å². The van der Waals surface area contributed by atoms with Crippen molar-refractivity contribution in [3.8, 4) is 17.4 Å². The van der Waals surface area contributed by atoms with Crippen LogP contribution in [-0.4, -0.2) is 103 Å². The summed E-state index contributed by atoms with van der Waals surface area (Å²) in [6.07, 6.45) is 4.88. The zero-order chi connectivity index (χ0) is 38.3. The summed E-state index contributed by atoms with van der Waals surface area (Å²) < 4.78 is 57.6. The van der Waals surface area contributed by atoms with Crippen molar-refractivity contribution in [3.63, 3.8) is 0 Å². The van der Waals surface area contributed by atoms with Crippen molar-refractivity contribution in [1.82, 2.24) is 25.2 Å². The van der Waals surface area contributed by atoms with E-state index in [1.165, 1.54) is 25.3 Å². The van der Waals surface area contributed by atoms with Crippen molar-refractivity contribution >= 4 is 44.6 Å².